The number of rotatable bonds is 3. The molecule has 0 radical (unpaired) electrons. The number of aromatic nitrogens is 3. The zero-order valence-electron chi connectivity index (χ0n) is 10.8. The molecule has 106 valence electrons. The summed E-state index contributed by atoms with van der Waals surface area (Å²) in [5.74, 6) is -0.620. The number of esters is 1. The van der Waals surface area contributed by atoms with E-state index in [1.165, 1.54) is 37.0 Å². The Bertz CT molecular complexity index is 772. The van der Waals surface area contributed by atoms with Crippen LogP contribution in [0.5, 0.6) is 0 Å². The molecule has 0 unspecified atom stereocenters. The Morgan fingerprint density at radius 2 is 2.00 bits per heavy atom. The number of carbonyl (C=O) groups excluding carboxylic acids is 1. The fourth-order valence-corrected chi connectivity index (χ4v) is 1.78. The molecule has 2 rings (SSSR count). The summed E-state index contributed by atoms with van der Waals surface area (Å²) in [6, 6.07) is 2.67. The van der Waals surface area contributed by atoms with Crippen LogP contribution in [0.15, 0.2) is 27.9 Å². The largest absolute Gasteiger partial charge is 0.455 e. The molecule has 0 amide bonds. The summed E-state index contributed by atoms with van der Waals surface area (Å²) in [7, 11) is 2.87. The van der Waals surface area contributed by atoms with E-state index in [2.05, 4.69) is 4.98 Å². The number of aromatic amines is 1. The minimum absolute atomic E-state index is 0.183. The molecule has 20 heavy (non-hydrogen) atoms. The predicted molar refractivity (Wildman–Crippen MR) is 71.8 cm³/mol. The monoisotopic (exact) mass is 297 g/mol. The zero-order valence-corrected chi connectivity index (χ0v) is 11.6. The Morgan fingerprint density at radius 1 is 1.30 bits per heavy atom. The maximum atomic E-state index is 11.7. The van der Waals surface area contributed by atoms with Gasteiger partial charge in [-0.1, -0.05) is 11.6 Å². The minimum atomic E-state index is -0.620. The molecule has 0 aliphatic heterocycles. The van der Waals surface area contributed by atoms with Crippen molar-refractivity contribution in [3.8, 4) is 0 Å². The fourth-order valence-electron chi connectivity index (χ4n) is 1.62. The van der Waals surface area contributed by atoms with Crippen LogP contribution in [0.3, 0.4) is 0 Å². The van der Waals surface area contributed by atoms with Crippen LogP contribution in [0, 0.1) is 0 Å². The Labute approximate surface area is 118 Å². The van der Waals surface area contributed by atoms with Gasteiger partial charge in [0.15, 0.2) is 0 Å². The van der Waals surface area contributed by atoms with E-state index in [9.17, 15) is 14.4 Å². The Hall–Kier alpha value is -2.28. The van der Waals surface area contributed by atoms with Crippen LogP contribution in [-0.2, 0) is 25.4 Å². The number of nitrogens with zero attached hydrogens (tertiary/aromatic N) is 2. The first-order chi connectivity index (χ1) is 9.40. The van der Waals surface area contributed by atoms with Crippen LogP contribution < -0.4 is 11.2 Å². The Kier molecular flexibility index (Phi) is 3.80. The van der Waals surface area contributed by atoms with E-state index in [0.29, 0.717) is 10.7 Å². The van der Waals surface area contributed by atoms with Gasteiger partial charge in [0.1, 0.15) is 12.3 Å². The van der Waals surface area contributed by atoms with Crippen molar-refractivity contribution in [3.05, 3.63) is 55.6 Å². The van der Waals surface area contributed by atoms with Crippen LogP contribution in [0.25, 0.3) is 0 Å². The van der Waals surface area contributed by atoms with Crippen molar-refractivity contribution in [3.63, 3.8) is 0 Å². The highest BCUT2D eigenvalue weighted by atomic mass is 35.5. The van der Waals surface area contributed by atoms with Crippen molar-refractivity contribution >= 4 is 17.6 Å². The van der Waals surface area contributed by atoms with Gasteiger partial charge < -0.3 is 9.72 Å². The van der Waals surface area contributed by atoms with Crippen molar-refractivity contribution in [2.45, 2.75) is 6.61 Å². The van der Waals surface area contributed by atoms with Gasteiger partial charge in [0, 0.05) is 26.4 Å². The second-order valence-corrected chi connectivity index (χ2v) is 4.62. The SMILES string of the molecule is Cn1c(COC(=O)c2cc(Cl)c[nH]2)cc(=O)n(C)c1=O. The van der Waals surface area contributed by atoms with E-state index in [0.717, 1.165) is 4.57 Å². The molecule has 0 fully saturated rings. The molecule has 0 aliphatic carbocycles. The maximum Gasteiger partial charge on any atom is 0.355 e. The molecule has 0 spiro atoms. The summed E-state index contributed by atoms with van der Waals surface area (Å²) in [6.07, 6.45) is 1.45. The van der Waals surface area contributed by atoms with Gasteiger partial charge in [-0.2, -0.15) is 0 Å². The molecule has 0 bridgehead atoms. The molecule has 2 heterocycles. The van der Waals surface area contributed by atoms with Gasteiger partial charge in [0.05, 0.1) is 10.7 Å². The van der Waals surface area contributed by atoms with Crippen LogP contribution >= 0.6 is 11.6 Å². The van der Waals surface area contributed by atoms with Crippen LogP contribution in [-0.4, -0.2) is 20.1 Å². The van der Waals surface area contributed by atoms with Crippen molar-refractivity contribution < 1.29 is 9.53 Å². The molecule has 8 heteroatoms. The summed E-state index contributed by atoms with van der Waals surface area (Å²) in [6.45, 7) is -0.183. The highest BCUT2D eigenvalue weighted by Gasteiger charge is 2.12. The van der Waals surface area contributed by atoms with Crippen LogP contribution in [0.2, 0.25) is 5.02 Å². The third kappa shape index (κ3) is 2.67. The number of hydrogen-bond acceptors (Lipinski definition) is 4. The first-order valence-electron chi connectivity index (χ1n) is 5.67. The lowest BCUT2D eigenvalue weighted by molar-refractivity contribution is 0.0456. The second kappa shape index (κ2) is 5.38. The van der Waals surface area contributed by atoms with E-state index in [1.807, 2.05) is 0 Å². The molecule has 7 nitrogen and oxygen atoms in total. The fraction of sp³-hybridized carbons (Fsp3) is 0.250. The average Bonchev–Trinajstić information content (AvgIpc) is 2.85. The summed E-state index contributed by atoms with van der Waals surface area (Å²) >= 11 is 5.68. The molecule has 0 saturated carbocycles. The standard InChI is InChI=1S/C12H12ClN3O4/c1-15-8(4-10(17)16(2)12(15)19)6-20-11(18)9-3-7(13)5-14-9/h3-5,14H,6H2,1-2H3. The molecule has 1 N–H and O–H groups in total. The lowest BCUT2D eigenvalue weighted by Crippen LogP contribution is -2.38. The van der Waals surface area contributed by atoms with E-state index >= 15 is 0 Å². The second-order valence-electron chi connectivity index (χ2n) is 4.18. The van der Waals surface area contributed by atoms with Crippen molar-refractivity contribution in [2.75, 3.05) is 0 Å². The summed E-state index contributed by atoms with van der Waals surface area (Å²) in [4.78, 5) is 37.6. The quantitative estimate of drug-likeness (QED) is 0.832. The summed E-state index contributed by atoms with van der Waals surface area (Å²) < 4.78 is 7.24. The maximum absolute atomic E-state index is 11.7. The van der Waals surface area contributed by atoms with E-state index in [4.69, 9.17) is 16.3 Å². The topological polar surface area (TPSA) is 86.1 Å². The number of nitrogens with one attached hydrogen (secondary N) is 1. The number of hydrogen-bond donors (Lipinski definition) is 1. The minimum Gasteiger partial charge on any atom is -0.455 e. The average molecular weight is 298 g/mol. The van der Waals surface area contributed by atoms with Gasteiger partial charge >= 0.3 is 11.7 Å². The van der Waals surface area contributed by atoms with Crippen LogP contribution in [0.1, 0.15) is 16.2 Å². The van der Waals surface area contributed by atoms with E-state index in [-0.39, 0.29) is 12.3 Å². The molecular formula is C12H12ClN3O4. The number of ether oxygens (including phenoxy) is 1. The van der Waals surface area contributed by atoms with Gasteiger partial charge in [0.25, 0.3) is 5.56 Å². The first kappa shape index (κ1) is 14.1. The highest BCUT2D eigenvalue weighted by Crippen LogP contribution is 2.10. The molecule has 0 saturated heterocycles. The molecular weight excluding hydrogens is 286 g/mol. The van der Waals surface area contributed by atoms with Gasteiger partial charge in [-0.25, -0.2) is 9.59 Å². The summed E-state index contributed by atoms with van der Waals surface area (Å²) in [5, 5.41) is 0.387. The third-order valence-electron chi connectivity index (χ3n) is 2.84. The normalized spacial score (nSPS) is 10.6. The van der Waals surface area contributed by atoms with E-state index in [1.54, 1.807) is 0 Å². The van der Waals surface area contributed by atoms with Crippen molar-refractivity contribution in [1.29, 1.82) is 0 Å². The molecule has 0 atom stereocenters. The number of carbonyl (C=O) groups is 1. The third-order valence-corrected chi connectivity index (χ3v) is 3.06. The predicted octanol–water partition coefficient (Wildman–Crippen LogP) is 0.422. The lowest BCUT2D eigenvalue weighted by atomic mass is 10.4. The molecule has 2 aromatic heterocycles. The van der Waals surface area contributed by atoms with Crippen LogP contribution in [0.4, 0.5) is 0 Å². The first-order valence-corrected chi connectivity index (χ1v) is 6.05. The van der Waals surface area contributed by atoms with Gasteiger partial charge in [-0.15, -0.1) is 0 Å². The van der Waals surface area contributed by atoms with Gasteiger partial charge in [-0.05, 0) is 6.07 Å². The zero-order chi connectivity index (χ0) is 14.9. The van der Waals surface area contributed by atoms with Crippen molar-refractivity contribution in [2.24, 2.45) is 14.1 Å². The smallest absolute Gasteiger partial charge is 0.355 e. The Morgan fingerprint density at radius 3 is 2.60 bits per heavy atom. The number of halogens is 1. The van der Waals surface area contributed by atoms with Gasteiger partial charge in [0.2, 0.25) is 0 Å². The number of H-pyrrole nitrogens is 1. The Balaban J connectivity index is 2.18. The molecule has 2 aromatic rings. The molecule has 0 aliphatic rings. The lowest BCUT2D eigenvalue weighted by Gasteiger charge is -2.09. The summed E-state index contributed by atoms with van der Waals surface area (Å²) in [5.41, 5.74) is -0.429. The van der Waals surface area contributed by atoms with E-state index < -0.39 is 17.2 Å². The highest BCUT2D eigenvalue weighted by molar-refractivity contribution is 6.30. The van der Waals surface area contributed by atoms with Gasteiger partial charge in [-0.3, -0.25) is 13.9 Å². The van der Waals surface area contributed by atoms with Crippen molar-refractivity contribution in [1.82, 2.24) is 14.1 Å². The molecule has 0 aromatic carbocycles.